The maximum atomic E-state index is 6.40. The molecule has 0 saturated carbocycles. The fourth-order valence-electron chi connectivity index (χ4n) is 4.30. The van der Waals surface area contributed by atoms with Gasteiger partial charge in [-0.3, -0.25) is 0 Å². The minimum absolute atomic E-state index is 0.920. The van der Waals surface area contributed by atoms with E-state index in [4.69, 9.17) is 4.42 Å². The SMILES string of the molecule is CN1c2ccccc2/C(=C\c2sc3ccccc3[n+]2C)c2oc3ccccc3c21. The van der Waals surface area contributed by atoms with E-state index in [1.165, 1.54) is 26.5 Å². The maximum Gasteiger partial charge on any atom is 0.263 e. The van der Waals surface area contributed by atoms with Gasteiger partial charge in [-0.05, 0) is 24.3 Å². The molecule has 3 heterocycles. The molecule has 1 aliphatic rings. The van der Waals surface area contributed by atoms with Crippen LogP contribution >= 0.6 is 11.3 Å². The number of anilines is 2. The van der Waals surface area contributed by atoms with Gasteiger partial charge in [0.25, 0.3) is 5.01 Å². The average molecular weight is 396 g/mol. The minimum atomic E-state index is 0.920. The molecule has 4 heteroatoms. The lowest BCUT2D eigenvalue weighted by atomic mass is 9.94. The number of nitrogens with zero attached hydrogens (tertiary/aromatic N) is 2. The number of aryl methyl sites for hydroxylation is 1. The highest BCUT2D eigenvalue weighted by Crippen LogP contribution is 2.49. The van der Waals surface area contributed by atoms with Crippen LogP contribution in [0.15, 0.2) is 77.2 Å². The Morgan fingerprint density at radius 1 is 0.931 bits per heavy atom. The Morgan fingerprint density at radius 2 is 1.69 bits per heavy atom. The summed E-state index contributed by atoms with van der Waals surface area (Å²) in [4.78, 5) is 2.25. The summed E-state index contributed by atoms with van der Waals surface area (Å²) in [5.74, 6) is 0.935. The van der Waals surface area contributed by atoms with Gasteiger partial charge in [0.05, 0.1) is 5.69 Å². The highest BCUT2D eigenvalue weighted by Gasteiger charge is 2.31. The Kier molecular flexibility index (Phi) is 3.46. The normalized spacial score (nSPS) is 14.6. The molecule has 0 unspecified atom stereocenters. The molecule has 0 aliphatic carbocycles. The molecular weight excluding hydrogens is 376 g/mol. The van der Waals surface area contributed by atoms with Gasteiger partial charge in [0.2, 0.25) is 5.52 Å². The minimum Gasteiger partial charge on any atom is -0.454 e. The van der Waals surface area contributed by atoms with Crippen molar-refractivity contribution < 1.29 is 8.98 Å². The smallest absolute Gasteiger partial charge is 0.263 e. The predicted molar refractivity (Wildman–Crippen MR) is 121 cm³/mol. The van der Waals surface area contributed by atoms with Crippen molar-refractivity contribution in [2.75, 3.05) is 11.9 Å². The number of benzene rings is 3. The van der Waals surface area contributed by atoms with Gasteiger partial charge in [0.15, 0.2) is 5.76 Å². The van der Waals surface area contributed by atoms with Crippen molar-refractivity contribution in [3.8, 4) is 0 Å². The summed E-state index contributed by atoms with van der Waals surface area (Å²) in [6.45, 7) is 0. The second-order valence-corrected chi connectivity index (χ2v) is 8.44. The van der Waals surface area contributed by atoms with Crippen molar-refractivity contribution in [3.05, 3.63) is 89.1 Å². The van der Waals surface area contributed by atoms with E-state index in [0.717, 1.165) is 28.0 Å². The Morgan fingerprint density at radius 3 is 2.59 bits per heavy atom. The van der Waals surface area contributed by atoms with Crippen LogP contribution < -0.4 is 9.47 Å². The number of aromatic nitrogens is 1. The molecule has 0 N–H and O–H groups in total. The van der Waals surface area contributed by atoms with Gasteiger partial charge in [-0.1, -0.05) is 53.8 Å². The third-order valence-corrected chi connectivity index (χ3v) is 6.91. The highest BCUT2D eigenvalue weighted by atomic mass is 32.1. The molecule has 0 bridgehead atoms. The van der Waals surface area contributed by atoms with Crippen molar-refractivity contribution >= 4 is 55.5 Å². The van der Waals surface area contributed by atoms with E-state index in [-0.39, 0.29) is 0 Å². The van der Waals surface area contributed by atoms with Crippen molar-refractivity contribution in [1.29, 1.82) is 0 Å². The van der Waals surface area contributed by atoms with Crippen LogP contribution in [0.3, 0.4) is 0 Å². The number of fused-ring (bicyclic) bond motifs is 5. The van der Waals surface area contributed by atoms with E-state index in [9.17, 15) is 0 Å². The van der Waals surface area contributed by atoms with E-state index in [2.05, 4.69) is 90.3 Å². The molecule has 29 heavy (non-hydrogen) atoms. The van der Waals surface area contributed by atoms with Gasteiger partial charge in [-0.2, -0.15) is 4.57 Å². The fraction of sp³-hybridized carbons (Fsp3) is 0.0800. The zero-order valence-corrected chi connectivity index (χ0v) is 17.0. The van der Waals surface area contributed by atoms with Crippen molar-refractivity contribution in [1.82, 2.24) is 0 Å². The van der Waals surface area contributed by atoms with Crippen LogP contribution in [0.2, 0.25) is 0 Å². The Hall–Kier alpha value is -3.37. The number of rotatable bonds is 1. The predicted octanol–water partition coefficient (Wildman–Crippen LogP) is 6.14. The van der Waals surface area contributed by atoms with Gasteiger partial charge < -0.3 is 9.32 Å². The van der Waals surface area contributed by atoms with Crippen LogP contribution in [-0.4, -0.2) is 7.05 Å². The molecular formula is C25H19N2OS+. The van der Waals surface area contributed by atoms with Crippen LogP contribution in [0.1, 0.15) is 16.3 Å². The standard InChI is InChI=1S/C25H19N2OS/c1-26-20-12-6-8-14-22(20)29-23(26)15-18-16-9-3-5-11-19(16)27(2)24-17-10-4-7-13-21(17)28-25(18)24/h3-15H,1-2H3/q+1. The first kappa shape index (κ1) is 16.6. The zero-order valence-electron chi connectivity index (χ0n) is 16.2. The molecule has 2 aromatic heterocycles. The monoisotopic (exact) mass is 395 g/mol. The summed E-state index contributed by atoms with van der Waals surface area (Å²) in [5.41, 5.74) is 6.82. The Bertz CT molecular complexity index is 1440. The summed E-state index contributed by atoms with van der Waals surface area (Å²) in [7, 11) is 4.25. The number of thiazole rings is 1. The third-order valence-electron chi connectivity index (χ3n) is 5.74. The van der Waals surface area contributed by atoms with Crippen LogP contribution in [0, 0.1) is 0 Å². The largest absolute Gasteiger partial charge is 0.454 e. The van der Waals surface area contributed by atoms with Gasteiger partial charge >= 0.3 is 0 Å². The van der Waals surface area contributed by atoms with Crippen molar-refractivity contribution in [2.45, 2.75) is 0 Å². The molecule has 5 aromatic rings. The molecule has 0 atom stereocenters. The summed E-state index contributed by atoms with van der Waals surface area (Å²) in [6.07, 6.45) is 2.28. The summed E-state index contributed by atoms with van der Waals surface area (Å²) < 4.78 is 9.95. The molecule has 3 aromatic carbocycles. The zero-order chi connectivity index (χ0) is 19.5. The third kappa shape index (κ3) is 2.33. The molecule has 0 fully saturated rings. The molecule has 0 saturated heterocycles. The van der Waals surface area contributed by atoms with E-state index < -0.39 is 0 Å². The summed E-state index contributed by atoms with van der Waals surface area (Å²) >= 11 is 1.81. The highest BCUT2D eigenvalue weighted by molar-refractivity contribution is 7.18. The van der Waals surface area contributed by atoms with Crippen LogP contribution in [0.25, 0.3) is 32.8 Å². The quantitative estimate of drug-likeness (QED) is 0.318. The van der Waals surface area contributed by atoms with E-state index >= 15 is 0 Å². The average Bonchev–Trinajstić information content (AvgIpc) is 3.29. The lowest BCUT2D eigenvalue weighted by molar-refractivity contribution is -0.642. The number of furan rings is 1. The molecule has 6 rings (SSSR count). The lowest BCUT2D eigenvalue weighted by Crippen LogP contribution is -2.29. The molecule has 0 radical (unpaired) electrons. The van der Waals surface area contributed by atoms with Gasteiger partial charge in [0, 0.05) is 41.4 Å². The number of para-hydroxylation sites is 3. The Labute approximate surface area is 172 Å². The first-order valence-electron chi connectivity index (χ1n) is 9.66. The van der Waals surface area contributed by atoms with Gasteiger partial charge in [-0.15, -0.1) is 0 Å². The summed E-state index contributed by atoms with van der Waals surface area (Å²) in [5, 5.41) is 2.35. The molecule has 0 amide bonds. The molecule has 0 spiro atoms. The Balaban J connectivity index is 1.68. The van der Waals surface area contributed by atoms with Crippen LogP contribution in [0.5, 0.6) is 0 Å². The van der Waals surface area contributed by atoms with Crippen LogP contribution in [0.4, 0.5) is 11.4 Å². The second kappa shape index (κ2) is 6.06. The molecule has 1 aliphatic heterocycles. The maximum absolute atomic E-state index is 6.40. The van der Waals surface area contributed by atoms with Gasteiger partial charge in [0.1, 0.15) is 17.3 Å². The van der Waals surface area contributed by atoms with Crippen molar-refractivity contribution in [2.24, 2.45) is 7.05 Å². The molecule has 3 nitrogen and oxygen atoms in total. The lowest BCUT2D eigenvalue weighted by Gasteiger charge is -2.28. The number of hydrogen-bond donors (Lipinski definition) is 0. The van der Waals surface area contributed by atoms with Gasteiger partial charge in [-0.25, -0.2) is 0 Å². The van der Waals surface area contributed by atoms with E-state index in [1.54, 1.807) is 11.3 Å². The van der Waals surface area contributed by atoms with Crippen LogP contribution in [-0.2, 0) is 7.05 Å². The fourth-order valence-corrected chi connectivity index (χ4v) is 5.39. The molecule has 140 valence electrons. The van der Waals surface area contributed by atoms with E-state index in [1.807, 2.05) is 12.1 Å². The summed E-state index contributed by atoms with van der Waals surface area (Å²) in [6, 6.07) is 25.4. The number of hydrogen-bond acceptors (Lipinski definition) is 3. The first-order valence-corrected chi connectivity index (χ1v) is 10.5. The second-order valence-electron chi connectivity index (χ2n) is 7.38. The first-order chi connectivity index (χ1) is 14.2. The van der Waals surface area contributed by atoms with E-state index in [0.29, 0.717) is 0 Å². The van der Waals surface area contributed by atoms with Crippen molar-refractivity contribution in [3.63, 3.8) is 0 Å². The topological polar surface area (TPSA) is 20.3 Å².